The van der Waals surface area contributed by atoms with E-state index < -0.39 is 16.1 Å². The number of benzene rings is 4. The minimum absolute atomic E-state index is 0.0212. The summed E-state index contributed by atoms with van der Waals surface area (Å²) in [5.41, 5.74) is 6.76. The quantitative estimate of drug-likeness (QED) is 0.141. The third kappa shape index (κ3) is 8.37. The third-order valence-corrected chi connectivity index (χ3v) is 9.39. The molecule has 5 rings (SSSR count). The second-order valence-electron chi connectivity index (χ2n) is 13.0. The Morgan fingerprint density at radius 3 is 2.13 bits per heavy atom. The van der Waals surface area contributed by atoms with Crippen molar-refractivity contribution in [2.24, 2.45) is 0 Å². The van der Waals surface area contributed by atoms with E-state index in [0.29, 0.717) is 37.5 Å². The van der Waals surface area contributed by atoms with Crippen molar-refractivity contribution >= 4 is 26.6 Å². The number of hydrogen-bond acceptors (Lipinski definition) is 5. The van der Waals surface area contributed by atoms with Crippen molar-refractivity contribution in [3.05, 3.63) is 131 Å². The summed E-state index contributed by atoms with van der Waals surface area (Å²) in [7, 11) is -3.56. The van der Waals surface area contributed by atoms with Gasteiger partial charge in [-0.2, -0.15) is 0 Å². The van der Waals surface area contributed by atoms with E-state index in [1.807, 2.05) is 60.7 Å². The van der Waals surface area contributed by atoms with E-state index in [0.717, 1.165) is 22.4 Å². The Hall–Kier alpha value is -4.11. The Labute approximate surface area is 273 Å². The van der Waals surface area contributed by atoms with Crippen LogP contribution in [0.1, 0.15) is 54.8 Å². The third-order valence-electron chi connectivity index (χ3n) is 8.25. The first-order chi connectivity index (χ1) is 21.9. The molecule has 1 atom stereocenters. The number of aromatic amines is 1. The molecule has 5 aromatic rings. The van der Waals surface area contributed by atoms with Gasteiger partial charge in [-0.25, -0.2) is 8.42 Å². The maximum atomic E-state index is 12.8. The summed E-state index contributed by atoms with van der Waals surface area (Å²) in [6.45, 7) is 11.0. The summed E-state index contributed by atoms with van der Waals surface area (Å²) in [6, 6.07) is 33.0. The van der Waals surface area contributed by atoms with Crippen molar-refractivity contribution in [2.45, 2.75) is 52.3 Å². The number of anilines is 1. The normalized spacial score (nSPS) is 12.8. The van der Waals surface area contributed by atoms with E-state index >= 15 is 0 Å². The number of ether oxygens (including phenoxy) is 1. The Balaban J connectivity index is 1.31. The topological polar surface area (TPSA) is 85.9 Å². The Bertz CT molecular complexity index is 1850. The van der Waals surface area contributed by atoms with Crippen molar-refractivity contribution in [2.75, 3.05) is 30.3 Å². The average molecular weight is 640 g/mol. The standard InChI is InChI=1S/C38H45N3O4S/c1-28-34-20-19-33(24-35(34)39-37(28)38(2,3)4)45-22-21-40(25-29-13-8-6-9-14-29)27-36(42)31-17-12-18-32(23-31)41(46(5,43)44)26-30-15-10-7-11-16-30/h6-20,23-24,36,39,42H,21-22,25-27H2,1-5H3/t36-/m0/s1. The van der Waals surface area contributed by atoms with Crippen LogP contribution < -0.4 is 9.04 Å². The minimum Gasteiger partial charge on any atom is -0.492 e. The number of hydrogen-bond donors (Lipinski definition) is 2. The van der Waals surface area contributed by atoms with Crippen molar-refractivity contribution in [3.63, 3.8) is 0 Å². The van der Waals surface area contributed by atoms with Gasteiger partial charge in [0.2, 0.25) is 10.0 Å². The molecule has 7 nitrogen and oxygen atoms in total. The fourth-order valence-corrected chi connectivity index (χ4v) is 6.79. The molecule has 0 aliphatic heterocycles. The number of rotatable bonds is 13. The summed E-state index contributed by atoms with van der Waals surface area (Å²) < 4.78 is 33.2. The van der Waals surface area contributed by atoms with E-state index in [9.17, 15) is 13.5 Å². The lowest BCUT2D eigenvalue weighted by Gasteiger charge is -2.27. The molecule has 242 valence electrons. The van der Waals surface area contributed by atoms with Gasteiger partial charge in [0, 0.05) is 47.7 Å². The molecule has 0 amide bonds. The number of nitrogens with zero attached hydrogens (tertiary/aromatic N) is 2. The van der Waals surface area contributed by atoms with Gasteiger partial charge in [-0.1, -0.05) is 93.6 Å². The second-order valence-corrected chi connectivity index (χ2v) is 14.9. The van der Waals surface area contributed by atoms with Crippen LogP contribution in [0.15, 0.2) is 103 Å². The predicted molar refractivity (Wildman–Crippen MR) is 188 cm³/mol. The van der Waals surface area contributed by atoms with E-state index in [-0.39, 0.29) is 12.0 Å². The van der Waals surface area contributed by atoms with Crippen molar-refractivity contribution in [3.8, 4) is 5.75 Å². The van der Waals surface area contributed by atoms with Crippen LogP contribution in [-0.4, -0.2) is 49.4 Å². The molecule has 1 heterocycles. The van der Waals surface area contributed by atoms with Gasteiger partial charge in [-0.05, 0) is 53.4 Å². The van der Waals surface area contributed by atoms with Crippen LogP contribution in [-0.2, 0) is 28.5 Å². The van der Waals surface area contributed by atoms with E-state index in [1.54, 1.807) is 18.2 Å². The molecule has 1 aromatic heterocycles. The summed E-state index contributed by atoms with van der Waals surface area (Å²) in [4.78, 5) is 5.76. The maximum absolute atomic E-state index is 12.8. The highest BCUT2D eigenvalue weighted by molar-refractivity contribution is 7.92. The number of aliphatic hydroxyl groups excluding tert-OH is 1. The van der Waals surface area contributed by atoms with Crippen LogP contribution in [0, 0.1) is 6.92 Å². The van der Waals surface area contributed by atoms with Gasteiger partial charge in [0.25, 0.3) is 0 Å². The highest BCUT2D eigenvalue weighted by Crippen LogP contribution is 2.32. The van der Waals surface area contributed by atoms with Gasteiger partial charge in [-0.3, -0.25) is 9.21 Å². The molecule has 8 heteroatoms. The van der Waals surface area contributed by atoms with Gasteiger partial charge >= 0.3 is 0 Å². The summed E-state index contributed by atoms with van der Waals surface area (Å²) >= 11 is 0. The lowest BCUT2D eigenvalue weighted by atomic mass is 9.89. The molecule has 0 radical (unpaired) electrons. The lowest BCUT2D eigenvalue weighted by Crippen LogP contribution is -2.32. The molecule has 0 spiro atoms. The first-order valence-electron chi connectivity index (χ1n) is 15.7. The number of nitrogens with one attached hydrogen (secondary N) is 1. The fraction of sp³-hybridized carbons (Fsp3) is 0.316. The van der Waals surface area contributed by atoms with Gasteiger partial charge in [0.15, 0.2) is 0 Å². The molecule has 46 heavy (non-hydrogen) atoms. The predicted octanol–water partition coefficient (Wildman–Crippen LogP) is 7.35. The Morgan fingerprint density at radius 2 is 1.50 bits per heavy atom. The summed E-state index contributed by atoms with van der Waals surface area (Å²) in [5, 5.41) is 12.6. The molecule has 0 fully saturated rings. The van der Waals surface area contributed by atoms with Crippen LogP contribution in [0.2, 0.25) is 0 Å². The molecule has 0 saturated heterocycles. The molecule has 4 aromatic carbocycles. The van der Waals surface area contributed by atoms with Gasteiger partial charge in [0.1, 0.15) is 12.4 Å². The number of aryl methyl sites for hydroxylation is 1. The monoisotopic (exact) mass is 639 g/mol. The van der Waals surface area contributed by atoms with Crippen LogP contribution >= 0.6 is 0 Å². The van der Waals surface area contributed by atoms with Gasteiger partial charge in [0.05, 0.1) is 24.6 Å². The summed E-state index contributed by atoms with van der Waals surface area (Å²) in [5.74, 6) is 0.793. The van der Waals surface area contributed by atoms with Gasteiger partial charge in [-0.15, -0.1) is 0 Å². The van der Waals surface area contributed by atoms with Crippen LogP contribution in [0.4, 0.5) is 5.69 Å². The first-order valence-corrected chi connectivity index (χ1v) is 17.5. The largest absolute Gasteiger partial charge is 0.492 e. The highest BCUT2D eigenvalue weighted by atomic mass is 32.2. The Morgan fingerprint density at radius 1 is 0.848 bits per heavy atom. The number of H-pyrrole nitrogens is 1. The van der Waals surface area contributed by atoms with E-state index in [4.69, 9.17) is 4.74 Å². The maximum Gasteiger partial charge on any atom is 0.232 e. The summed E-state index contributed by atoms with van der Waals surface area (Å²) in [6.07, 6.45) is 0.370. The van der Waals surface area contributed by atoms with Gasteiger partial charge < -0.3 is 14.8 Å². The van der Waals surface area contributed by atoms with Crippen molar-refractivity contribution in [1.29, 1.82) is 0 Å². The smallest absolute Gasteiger partial charge is 0.232 e. The molecular weight excluding hydrogens is 595 g/mol. The number of fused-ring (bicyclic) bond motifs is 1. The molecule has 0 bridgehead atoms. The zero-order chi connectivity index (χ0) is 32.9. The molecule has 0 unspecified atom stereocenters. The van der Waals surface area contributed by atoms with E-state index in [1.165, 1.54) is 27.2 Å². The van der Waals surface area contributed by atoms with Crippen molar-refractivity contribution in [1.82, 2.24) is 9.88 Å². The Kier molecular flexibility index (Phi) is 10.2. The average Bonchev–Trinajstić information content (AvgIpc) is 3.36. The van der Waals surface area contributed by atoms with Crippen molar-refractivity contribution < 1.29 is 18.3 Å². The number of sulfonamides is 1. The zero-order valence-electron chi connectivity index (χ0n) is 27.4. The minimum atomic E-state index is -3.56. The van der Waals surface area contributed by atoms with Crippen LogP contribution in [0.25, 0.3) is 10.9 Å². The second kappa shape index (κ2) is 14.1. The molecular formula is C38H45N3O4S. The van der Waals surface area contributed by atoms with Crippen LogP contribution in [0.3, 0.4) is 0 Å². The molecule has 0 aliphatic rings. The first kappa shape index (κ1) is 33.3. The fourth-order valence-electron chi connectivity index (χ4n) is 5.91. The van der Waals surface area contributed by atoms with Crippen LogP contribution in [0.5, 0.6) is 5.75 Å². The highest BCUT2D eigenvalue weighted by Gasteiger charge is 2.22. The number of aromatic nitrogens is 1. The lowest BCUT2D eigenvalue weighted by molar-refractivity contribution is 0.0986. The molecule has 0 aliphatic carbocycles. The molecule has 2 N–H and O–H groups in total. The SMILES string of the molecule is Cc1c(C(C)(C)C)[nH]c2cc(OCCN(Cc3ccccc3)C[C@H](O)c3cccc(N(Cc4ccccc4)S(C)(=O)=O)c3)ccc12. The zero-order valence-corrected chi connectivity index (χ0v) is 28.2. The number of aliphatic hydroxyl groups is 1. The van der Waals surface area contributed by atoms with E-state index in [2.05, 4.69) is 61.8 Å². The molecule has 0 saturated carbocycles.